The van der Waals surface area contributed by atoms with E-state index in [1.54, 1.807) is 0 Å². The molecule has 2 unspecified atom stereocenters. The van der Waals surface area contributed by atoms with Crippen LogP contribution in [0.25, 0.3) is 0 Å². The number of methoxy groups -OCH3 is 1. The van der Waals surface area contributed by atoms with Crippen LogP contribution in [0.4, 0.5) is 0 Å². The zero-order valence-electron chi connectivity index (χ0n) is 11.3. The third-order valence-electron chi connectivity index (χ3n) is 3.74. The van der Waals surface area contributed by atoms with Gasteiger partial charge < -0.3 is 10.1 Å². The highest BCUT2D eigenvalue weighted by atomic mass is 35.5. The van der Waals surface area contributed by atoms with Crippen molar-refractivity contribution in [3.05, 3.63) is 0 Å². The molecule has 1 amide bonds. The zero-order valence-corrected chi connectivity index (χ0v) is 12.0. The summed E-state index contributed by atoms with van der Waals surface area (Å²) in [6.07, 6.45) is 4.23. The first-order chi connectivity index (χ1) is 8.38. The van der Waals surface area contributed by atoms with E-state index in [9.17, 15) is 9.59 Å². The monoisotopic (exact) mass is 275 g/mol. The van der Waals surface area contributed by atoms with Gasteiger partial charge in [-0.05, 0) is 18.3 Å². The fourth-order valence-electron chi connectivity index (χ4n) is 2.50. The van der Waals surface area contributed by atoms with Crippen LogP contribution in [0.5, 0.6) is 0 Å². The standard InChI is InChI=1S/C13H22ClNO3/c1-13(2)7-5-4-6-9(13)11(16)15-8-10(14)12(17)18-3/h9-10H,4-8H2,1-3H3,(H,15,16). The fraction of sp³-hybridized carbons (Fsp3) is 0.846. The van der Waals surface area contributed by atoms with Crippen molar-refractivity contribution in [1.29, 1.82) is 0 Å². The van der Waals surface area contributed by atoms with Crippen molar-refractivity contribution in [2.24, 2.45) is 11.3 Å². The second-order valence-electron chi connectivity index (χ2n) is 5.52. The van der Waals surface area contributed by atoms with E-state index in [1.165, 1.54) is 13.5 Å². The molecule has 104 valence electrons. The van der Waals surface area contributed by atoms with E-state index in [-0.39, 0.29) is 23.8 Å². The molecule has 1 saturated carbocycles. The molecule has 4 nitrogen and oxygen atoms in total. The van der Waals surface area contributed by atoms with Crippen LogP contribution >= 0.6 is 11.6 Å². The number of carbonyl (C=O) groups excluding carboxylic acids is 2. The van der Waals surface area contributed by atoms with Gasteiger partial charge in [-0.25, -0.2) is 0 Å². The van der Waals surface area contributed by atoms with Gasteiger partial charge in [-0.2, -0.15) is 0 Å². The van der Waals surface area contributed by atoms with Crippen molar-refractivity contribution in [1.82, 2.24) is 5.32 Å². The Bertz CT molecular complexity index is 317. The minimum absolute atomic E-state index is 0.00532. The van der Waals surface area contributed by atoms with E-state index >= 15 is 0 Å². The highest BCUT2D eigenvalue weighted by Crippen LogP contribution is 2.40. The molecule has 5 heteroatoms. The highest BCUT2D eigenvalue weighted by molar-refractivity contribution is 6.30. The molecule has 0 radical (unpaired) electrons. The number of halogens is 1. The topological polar surface area (TPSA) is 55.4 Å². The molecule has 0 spiro atoms. The van der Waals surface area contributed by atoms with Gasteiger partial charge in [-0.15, -0.1) is 11.6 Å². The molecule has 0 bridgehead atoms. The van der Waals surface area contributed by atoms with Crippen LogP contribution in [-0.2, 0) is 14.3 Å². The Morgan fingerprint density at radius 1 is 1.44 bits per heavy atom. The van der Waals surface area contributed by atoms with Crippen molar-refractivity contribution in [2.45, 2.75) is 44.9 Å². The van der Waals surface area contributed by atoms with Crippen LogP contribution in [0.1, 0.15) is 39.5 Å². The summed E-state index contributed by atoms with van der Waals surface area (Å²) in [5, 5.41) is 1.94. The maximum absolute atomic E-state index is 12.1. The molecule has 0 saturated heterocycles. The first-order valence-corrected chi connectivity index (χ1v) is 6.81. The molecule has 0 aromatic heterocycles. The Balaban J connectivity index is 2.47. The van der Waals surface area contributed by atoms with Crippen LogP contribution < -0.4 is 5.32 Å². The average Bonchev–Trinajstić information content (AvgIpc) is 2.33. The van der Waals surface area contributed by atoms with E-state index in [4.69, 9.17) is 11.6 Å². The Kier molecular flexibility index (Phi) is 5.45. The normalized spacial score (nSPS) is 24.1. The molecular weight excluding hydrogens is 254 g/mol. The molecular formula is C13H22ClNO3. The van der Waals surface area contributed by atoms with E-state index in [0.717, 1.165) is 19.3 Å². The molecule has 0 aliphatic heterocycles. The Labute approximate surface area is 113 Å². The van der Waals surface area contributed by atoms with Gasteiger partial charge in [-0.1, -0.05) is 26.7 Å². The van der Waals surface area contributed by atoms with Gasteiger partial charge in [0.25, 0.3) is 0 Å². The van der Waals surface area contributed by atoms with Gasteiger partial charge >= 0.3 is 5.97 Å². The first kappa shape index (κ1) is 15.3. The zero-order chi connectivity index (χ0) is 13.8. The van der Waals surface area contributed by atoms with Crippen LogP contribution in [0, 0.1) is 11.3 Å². The van der Waals surface area contributed by atoms with Crippen molar-refractivity contribution in [3.63, 3.8) is 0 Å². The summed E-state index contributed by atoms with van der Waals surface area (Å²) in [5.74, 6) is -0.512. The number of hydrogen-bond donors (Lipinski definition) is 1. The number of hydrogen-bond acceptors (Lipinski definition) is 3. The lowest BCUT2D eigenvalue weighted by molar-refractivity contribution is -0.140. The minimum atomic E-state index is -0.814. The molecule has 1 N–H and O–H groups in total. The number of amides is 1. The van der Waals surface area contributed by atoms with E-state index in [2.05, 4.69) is 23.9 Å². The van der Waals surface area contributed by atoms with Crippen LogP contribution in [0.2, 0.25) is 0 Å². The van der Waals surface area contributed by atoms with Gasteiger partial charge in [0.2, 0.25) is 5.91 Å². The number of nitrogens with one attached hydrogen (secondary N) is 1. The summed E-state index contributed by atoms with van der Waals surface area (Å²) < 4.78 is 4.51. The molecule has 18 heavy (non-hydrogen) atoms. The van der Waals surface area contributed by atoms with Gasteiger partial charge in [0.15, 0.2) is 0 Å². The predicted molar refractivity (Wildman–Crippen MR) is 70.4 cm³/mol. The van der Waals surface area contributed by atoms with Gasteiger partial charge in [0, 0.05) is 12.5 Å². The van der Waals surface area contributed by atoms with Crippen molar-refractivity contribution >= 4 is 23.5 Å². The number of ether oxygens (including phenoxy) is 1. The van der Waals surface area contributed by atoms with Gasteiger partial charge in [0.1, 0.15) is 5.38 Å². The van der Waals surface area contributed by atoms with Crippen LogP contribution in [0.15, 0.2) is 0 Å². The quantitative estimate of drug-likeness (QED) is 0.631. The van der Waals surface area contributed by atoms with Crippen LogP contribution in [-0.4, -0.2) is 30.9 Å². The van der Waals surface area contributed by atoms with Crippen LogP contribution in [0.3, 0.4) is 0 Å². The van der Waals surface area contributed by atoms with Gasteiger partial charge in [0.05, 0.1) is 7.11 Å². The summed E-state index contributed by atoms with van der Waals surface area (Å²) in [7, 11) is 1.28. The lowest BCUT2D eigenvalue weighted by atomic mass is 9.68. The summed E-state index contributed by atoms with van der Waals surface area (Å²) in [5.41, 5.74) is 0.0232. The second kappa shape index (κ2) is 6.41. The molecule has 1 aliphatic rings. The molecule has 1 aliphatic carbocycles. The molecule has 0 aromatic carbocycles. The Morgan fingerprint density at radius 2 is 2.11 bits per heavy atom. The van der Waals surface area contributed by atoms with Gasteiger partial charge in [-0.3, -0.25) is 9.59 Å². The Hall–Kier alpha value is -0.770. The van der Waals surface area contributed by atoms with E-state index in [0.29, 0.717) is 0 Å². The summed E-state index contributed by atoms with van der Waals surface area (Å²) in [6, 6.07) is 0. The fourth-order valence-corrected chi connectivity index (χ4v) is 2.67. The highest BCUT2D eigenvalue weighted by Gasteiger charge is 2.37. The molecule has 1 fully saturated rings. The van der Waals surface area contributed by atoms with E-state index < -0.39 is 11.3 Å². The minimum Gasteiger partial charge on any atom is -0.468 e. The van der Waals surface area contributed by atoms with Crippen molar-refractivity contribution in [2.75, 3.05) is 13.7 Å². The predicted octanol–water partition coefficient (Wildman–Crippen LogP) is 2.10. The molecule has 1 rings (SSSR count). The third kappa shape index (κ3) is 3.87. The summed E-state index contributed by atoms with van der Waals surface area (Å²) in [6.45, 7) is 4.36. The number of carbonyl (C=O) groups is 2. The largest absolute Gasteiger partial charge is 0.468 e. The maximum Gasteiger partial charge on any atom is 0.325 e. The maximum atomic E-state index is 12.1. The summed E-state index contributed by atoms with van der Waals surface area (Å²) >= 11 is 5.80. The molecule has 2 atom stereocenters. The lowest BCUT2D eigenvalue weighted by Crippen LogP contribution is -2.43. The second-order valence-corrected chi connectivity index (χ2v) is 6.05. The number of rotatable bonds is 4. The molecule has 0 aromatic rings. The van der Waals surface area contributed by atoms with Crippen molar-refractivity contribution < 1.29 is 14.3 Å². The summed E-state index contributed by atoms with van der Waals surface area (Å²) in [4.78, 5) is 23.2. The third-order valence-corrected chi connectivity index (χ3v) is 4.07. The lowest BCUT2D eigenvalue weighted by Gasteiger charge is -2.37. The average molecular weight is 276 g/mol. The van der Waals surface area contributed by atoms with E-state index in [1.807, 2.05) is 0 Å². The smallest absolute Gasteiger partial charge is 0.325 e. The number of esters is 1. The first-order valence-electron chi connectivity index (χ1n) is 6.38. The van der Waals surface area contributed by atoms with Crippen molar-refractivity contribution in [3.8, 4) is 0 Å². The molecule has 0 heterocycles. The Morgan fingerprint density at radius 3 is 2.67 bits per heavy atom. The number of alkyl halides is 1. The SMILES string of the molecule is COC(=O)C(Cl)CNC(=O)C1CCCCC1(C)C.